The standard InChI is InChI=1S/C26H34ClN3O5S/c1-18-9-12-21(27)15-24(18)30(36(4,33)34)17-25(31)29(16-20-10-13-23(35-3)14-11-20)19(2)26(32)28-22-7-5-6-8-22/h9-15,19,22H,5-8,16-17H2,1-4H3,(H,28,32). The molecule has 0 heterocycles. The van der Waals surface area contributed by atoms with E-state index in [0.29, 0.717) is 22.0 Å². The number of rotatable bonds is 10. The maximum Gasteiger partial charge on any atom is 0.244 e. The number of hydrogen-bond acceptors (Lipinski definition) is 5. The van der Waals surface area contributed by atoms with Crippen LogP contribution in [-0.4, -0.2) is 57.1 Å². The number of nitrogens with one attached hydrogen (secondary N) is 1. The van der Waals surface area contributed by atoms with Gasteiger partial charge in [-0.1, -0.05) is 42.6 Å². The van der Waals surface area contributed by atoms with E-state index in [1.807, 2.05) is 12.1 Å². The summed E-state index contributed by atoms with van der Waals surface area (Å²) in [4.78, 5) is 28.2. The van der Waals surface area contributed by atoms with Crippen LogP contribution in [-0.2, 0) is 26.2 Å². The van der Waals surface area contributed by atoms with Crippen LogP contribution in [0.2, 0.25) is 5.02 Å². The Morgan fingerprint density at radius 2 is 1.78 bits per heavy atom. The van der Waals surface area contributed by atoms with Crippen LogP contribution in [0.1, 0.15) is 43.7 Å². The molecule has 10 heteroatoms. The summed E-state index contributed by atoms with van der Waals surface area (Å²) in [6.07, 6.45) is 5.01. The van der Waals surface area contributed by atoms with E-state index in [0.717, 1.165) is 41.8 Å². The molecule has 36 heavy (non-hydrogen) atoms. The first-order valence-electron chi connectivity index (χ1n) is 12.0. The topological polar surface area (TPSA) is 96.0 Å². The first-order chi connectivity index (χ1) is 17.0. The Labute approximate surface area is 218 Å². The number of amides is 2. The van der Waals surface area contributed by atoms with Crippen molar-refractivity contribution >= 4 is 39.1 Å². The van der Waals surface area contributed by atoms with Gasteiger partial charge < -0.3 is 15.0 Å². The van der Waals surface area contributed by atoms with Crippen molar-refractivity contribution in [2.75, 3.05) is 24.2 Å². The number of benzene rings is 2. The molecule has 2 aromatic carbocycles. The number of methoxy groups -OCH3 is 1. The van der Waals surface area contributed by atoms with Gasteiger partial charge in [-0.15, -0.1) is 0 Å². The summed E-state index contributed by atoms with van der Waals surface area (Å²) in [5.41, 5.74) is 1.77. The van der Waals surface area contributed by atoms with E-state index >= 15 is 0 Å². The minimum absolute atomic E-state index is 0.0968. The van der Waals surface area contributed by atoms with Crippen LogP contribution in [0.3, 0.4) is 0 Å². The van der Waals surface area contributed by atoms with Crippen molar-refractivity contribution in [1.29, 1.82) is 0 Å². The summed E-state index contributed by atoms with van der Waals surface area (Å²) in [7, 11) is -2.25. The molecule has 196 valence electrons. The minimum Gasteiger partial charge on any atom is -0.497 e. The predicted octanol–water partition coefficient (Wildman–Crippen LogP) is 3.90. The zero-order valence-electron chi connectivity index (χ0n) is 21.2. The second-order valence-electron chi connectivity index (χ2n) is 9.24. The number of halogens is 1. The second kappa shape index (κ2) is 12.0. The predicted molar refractivity (Wildman–Crippen MR) is 142 cm³/mol. The highest BCUT2D eigenvalue weighted by Crippen LogP contribution is 2.27. The Bertz CT molecular complexity index is 1180. The molecule has 1 aliphatic rings. The summed E-state index contributed by atoms with van der Waals surface area (Å²) < 4.78 is 31.7. The average Bonchev–Trinajstić information content (AvgIpc) is 3.34. The third-order valence-electron chi connectivity index (χ3n) is 6.50. The smallest absolute Gasteiger partial charge is 0.244 e. The number of hydrogen-bond donors (Lipinski definition) is 1. The van der Waals surface area contributed by atoms with Crippen LogP contribution in [0.25, 0.3) is 0 Å². The monoisotopic (exact) mass is 535 g/mol. The highest BCUT2D eigenvalue weighted by Gasteiger charge is 2.31. The van der Waals surface area contributed by atoms with Crippen LogP contribution >= 0.6 is 11.6 Å². The summed E-state index contributed by atoms with van der Waals surface area (Å²) in [5, 5.41) is 3.41. The van der Waals surface area contributed by atoms with Gasteiger partial charge in [0.2, 0.25) is 21.8 Å². The normalized spacial score (nSPS) is 14.8. The summed E-state index contributed by atoms with van der Waals surface area (Å²) >= 11 is 6.14. The van der Waals surface area contributed by atoms with E-state index in [1.165, 1.54) is 11.0 Å². The molecule has 1 saturated carbocycles. The minimum atomic E-state index is -3.82. The van der Waals surface area contributed by atoms with Gasteiger partial charge in [0.15, 0.2) is 0 Å². The van der Waals surface area contributed by atoms with Crippen molar-refractivity contribution in [2.45, 2.75) is 58.2 Å². The molecular formula is C26H34ClN3O5S. The van der Waals surface area contributed by atoms with Gasteiger partial charge in [-0.3, -0.25) is 13.9 Å². The molecule has 0 aromatic heterocycles. The lowest BCUT2D eigenvalue weighted by molar-refractivity contribution is -0.139. The van der Waals surface area contributed by atoms with Crippen molar-refractivity contribution in [3.63, 3.8) is 0 Å². The third kappa shape index (κ3) is 7.13. The van der Waals surface area contributed by atoms with E-state index in [9.17, 15) is 18.0 Å². The fraction of sp³-hybridized carbons (Fsp3) is 0.462. The zero-order chi connectivity index (χ0) is 26.5. The molecular weight excluding hydrogens is 502 g/mol. The van der Waals surface area contributed by atoms with E-state index < -0.39 is 28.5 Å². The van der Waals surface area contributed by atoms with Gasteiger partial charge >= 0.3 is 0 Å². The van der Waals surface area contributed by atoms with Crippen LogP contribution in [0.5, 0.6) is 5.75 Å². The number of aryl methyl sites for hydroxylation is 1. The number of ether oxygens (including phenoxy) is 1. The largest absolute Gasteiger partial charge is 0.497 e. The highest BCUT2D eigenvalue weighted by atomic mass is 35.5. The van der Waals surface area contributed by atoms with Crippen LogP contribution in [0, 0.1) is 6.92 Å². The lowest BCUT2D eigenvalue weighted by Gasteiger charge is -2.32. The Morgan fingerprint density at radius 3 is 2.36 bits per heavy atom. The van der Waals surface area contributed by atoms with Crippen LogP contribution in [0.4, 0.5) is 5.69 Å². The fourth-order valence-corrected chi connectivity index (χ4v) is 5.41. The van der Waals surface area contributed by atoms with Gasteiger partial charge in [0.1, 0.15) is 18.3 Å². The molecule has 1 atom stereocenters. The van der Waals surface area contributed by atoms with E-state index in [1.54, 1.807) is 45.2 Å². The molecule has 0 saturated heterocycles. The van der Waals surface area contributed by atoms with Gasteiger partial charge in [-0.25, -0.2) is 8.42 Å². The van der Waals surface area contributed by atoms with Crippen LogP contribution < -0.4 is 14.4 Å². The summed E-state index contributed by atoms with van der Waals surface area (Å²) in [6.45, 7) is 3.09. The van der Waals surface area contributed by atoms with Crippen molar-refractivity contribution in [1.82, 2.24) is 10.2 Å². The maximum absolute atomic E-state index is 13.7. The molecule has 1 unspecified atom stereocenters. The fourth-order valence-electron chi connectivity index (χ4n) is 4.35. The number of sulfonamides is 1. The number of carbonyl (C=O) groups is 2. The molecule has 1 aliphatic carbocycles. The third-order valence-corrected chi connectivity index (χ3v) is 7.86. The summed E-state index contributed by atoms with van der Waals surface area (Å²) in [5.74, 6) is -0.0818. The SMILES string of the molecule is COc1ccc(CN(C(=O)CN(c2cc(Cl)ccc2C)S(C)(=O)=O)C(C)C(=O)NC2CCCC2)cc1. The Morgan fingerprint density at radius 1 is 1.14 bits per heavy atom. The molecule has 1 N–H and O–H groups in total. The van der Waals surface area contributed by atoms with Gasteiger partial charge in [0.25, 0.3) is 0 Å². The Kier molecular flexibility index (Phi) is 9.24. The molecule has 3 rings (SSSR count). The van der Waals surface area contributed by atoms with Crippen molar-refractivity contribution in [2.24, 2.45) is 0 Å². The van der Waals surface area contributed by atoms with Gasteiger partial charge in [-0.2, -0.15) is 0 Å². The molecule has 0 aliphatic heterocycles. The molecule has 2 aromatic rings. The quantitative estimate of drug-likeness (QED) is 0.498. The first-order valence-corrected chi connectivity index (χ1v) is 14.2. The van der Waals surface area contributed by atoms with Crippen molar-refractivity contribution in [3.05, 3.63) is 58.6 Å². The summed E-state index contributed by atoms with van der Waals surface area (Å²) in [6, 6.07) is 11.4. The van der Waals surface area contributed by atoms with E-state index in [4.69, 9.17) is 16.3 Å². The lowest BCUT2D eigenvalue weighted by atomic mass is 10.1. The highest BCUT2D eigenvalue weighted by molar-refractivity contribution is 7.92. The van der Waals surface area contributed by atoms with Crippen LogP contribution in [0.15, 0.2) is 42.5 Å². The van der Waals surface area contributed by atoms with E-state index in [2.05, 4.69) is 5.32 Å². The van der Waals surface area contributed by atoms with Crippen molar-refractivity contribution in [3.8, 4) is 5.75 Å². The molecule has 2 amide bonds. The number of anilines is 1. The lowest BCUT2D eigenvalue weighted by Crippen LogP contribution is -2.52. The number of carbonyl (C=O) groups excluding carboxylic acids is 2. The molecule has 0 radical (unpaired) electrons. The Balaban J connectivity index is 1.90. The first kappa shape index (κ1) is 27.8. The molecule has 0 bridgehead atoms. The maximum atomic E-state index is 13.7. The molecule has 8 nitrogen and oxygen atoms in total. The zero-order valence-corrected chi connectivity index (χ0v) is 22.7. The van der Waals surface area contributed by atoms with Gasteiger partial charge in [-0.05, 0) is 62.1 Å². The second-order valence-corrected chi connectivity index (χ2v) is 11.6. The Hall–Kier alpha value is -2.78. The molecule has 1 fully saturated rings. The van der Waals surface area contributed by atoms with Gasteiger partial charge in [0.05, 0.1) is 19.1 Å². The average molecular weight is 536 g/mol. The molecule has 0 spiro atoms. The van der Waals surface area contributed by atoms with Crippen molar-refractivity contribution < 1.29 is 22.7 Å². The van der Waals surface area contributed by atoms with E-state index in [-0.39, 0.29) is 18.5 Å². The number of nitrogens with zero attached hydrogens (tertiary/aromatic N) is 2. The van der Waals surface area contributed by atoms with Gasteiger partial charge in [0, 0.05) is 17.6 Å².